The summed E-state index contributed by atoms with van der Waals surface area (Å²) < 4.78 is 5.60. The number of aryl methyl sites for hydroxylation is 1. The molecule has 0 atom stereocenters. The molecule has 164 valence electrons. The Morgan fingerprint density at radius 2 is 1.74 bits per heavy atom. The zero-order valence-corrected chi connectivity index (χ0v) is 18.0. The largest absolute Gasteiger partial charge is 0.493 e. The van der Waals surface area contributed by atoms with Gasteiger partial charge in [-0.2, -0.15) is 0 Å². The molecule has 0 saturated carbocycles. The van der Waals surface area contributed by atoms with Crippen molar-refractivity contribution in [2.24, 2.45) is 5.92 Å². The number of rotatable bonds is 7. The predicted molar refractivity (Wildman–Crippen MR) is 120 cm³/mol. The van der Waals surface area contributed by atoms with Crippen molar-refractivity contribution in [2.75, 3.05) is 30.3 Å². The first-order chi connectivity index (χ1) is 14.9. The van der Waals surface area contributed by atoms with Crippen LogP contribution in [0.1, 0.15) is 31.7 Å². The average molecular weight is 424 g/mol. The summed E-state index contributed by atoms with van der Waals surface area (Å²) in [5.41, 5.74) is 2.26. The van der Waals surface area contributed by atoms with Gasteiger partial charge in [-0.1, -0.05) is 24.3 Å². The van der Waals surface area contributed by atoms with Crippen molar-refractivity contribution < 1.29 is 19.1 Å². The second-order valence-electron chi connectivity index (χ2n) is 7.77. The third-order valence-corrected chi connectivity index (χ3v) is 5.36. The fraction of sp³-hybridized carbons (Fsp3) is 0.375. The molecule has 1 saturated heterocycles. The lowest BCUT2D eigenvalue weighted by Gasteiger charge is -2.31. The van der Waals surface area contributed by atoms with Crippen LogP contribution in [-0.4, -0.2) is 42.3 Å². The Morgan fingerprint density at radius 3 is 2.42 bits per heavy atom. The summed E-state index contributed by atoms with van der Waals surface area (Å²) in [5.74, 6) is 0.446. The van der Waals surface area contributed by atoms with E-state index in [1.165, 1.54) is 6.92 Å². The highest BCUT2D eigenvalue weighted by Gasteiger charge is 2.27. The van der Waals surface area contributed by atoms with Crippen LogP contribution in [0, 0.1) is 12.8 Å². The molecule has 0 spiro atoms. The van der Waals surface area contributed by atoms with E-state index >= 15 is 0 Å². The normalized spacial score (nSPS) is 14.1. The molecule has 1 aliphatic heterocycles. The minimum atomic E-state index is -0.155. The Hall–Kier alpha value is -3.35. The standard InChI is InChI=1S/C24H29N3O4/c1-17-8-9-20(16-22(17)25-18(2)28)26-24(30)19-10-13-27(14-11-19)23(29)12-15-31-21-6-4-3-5-7-21/h3-9,16,19H,10-15H2,1-2H3,(H,25,28)(H,26,30). The molecule has 0 bridgehead atoms. The summed E-state index contributed by atoms with van der Waals surface area (Å²) in [6.45, 7) is 4.82. The van der Waals surface area contributed by atoms with Gasteiger partial charge in [0.05, 0.1) is 13.0 Å². The van der Waals surface area contributed by atoms with E-state index in [4.69, 9.17) is 4.74 Å². The number of hydrogen-bond donors (Lipinski definition) is 2. The summed E-state index contributed by atoms with van der Waals surface area (Å²) in [5, 5.41) is 5.70. The number of nitrogens with zero attached hydrogens (tertiary/aromatic N) is 1. The van der Waals surface area contributed by atoms with Crippen molar-refractivity contribution in [1.29, 1.82) is 0 Å². The second kappa shape index (κ2) is 10.6. The number of piperidine rings is 1. The van der Waals surface area contributed by atoms with Gasteiger partial charge in [-0.25, -0.2) is 0 Å². The zero-order chi connectivity index (χ0) is 22.2. The van der Waals surface area contributed by atoms with Crippen LogP contribution in [0.5, 0.6) is 5.75 Å². The Kier molecular flexibility index (Phi) is 7.65. The molecular weight excluding hydrogens is 394 g/mol. The van der Waals surface area contributed by atoms with Gasteiger partial charge in [-0.3, -0.25) is 14.4 Å². The molecule has 31 heavy (non-hydrogen) atoms. The van der Waals surface area contributed by atoms with E-state index in [2.05, 4.69) is 10.6 Å². The van der Waals surface area contributed by atoms with Crippen molar-refractivity contribution in [3.05, 3.63) is 54.1 Å². The van der Waals surface area contributed by atoms with Gasteiger partial charge < -0.3 is 20.3 Å². The van der Waals surface area contributed by atoms with Crippen molar-refractivity contribution >= 4 is 29.1 Å². The van der Waals surface area contributed by atoms with Crippen LogP contribution in [0.2, 0.25) is 0 Å². The maximum Gasteiger partial charge on any atom is 0.227 e. The average Bonchev–Trinajstić information content (AvgIpc) is 2.76. The number of likely N-dealkylation sites (tertiary alicyclic amines) is 1. The first-order valence-corrected chi connectivity index (χ1v) is 10.6. The van der Waals surface area contributed by atoms with E-state index in [0.29, 0.717) is 50.3 Å². The van der Waals surface area contributed by atoms with Gasteiger partial charge in [0.1, 0.15) is 5.75 Å². The first kappa shape index (κ1) is 22.3. The number of amides is 3. The Labute approximate surface area is 182 Å². The third-order valence-electron chi connectivity index (χ3n) is 5.36. The smallest absolute Gasteiger partial charge is 0.227 e. The molecule has 3 amide bonds. The zero-order valence-electron chi connectivity index (χ0n) is 18.0. The maximum absolute atomic E-state index is 12.7. The van der Waals surface area contributed by atoms with Crippen molar-refractivity contribution in [2.45, 2.75) is 33.1 Å². The van der Waals surface area contributed by atoms with Crippen LogP contribution < -0.4 is 15.4 Å². The van der Waals surface area contributed by atoms with Crippen molar-refractivity contribution in [3.8, 4) is 5.75 Å². The minimum Gasteiger partial charge on any atom is -0.493 e. The van der Waals surface area contributed by atoms with Crippen LogP contribution in [0.4, 0.5) is 11.4 Å². The number of para-hydroxylation sites is 1. The summed E-state index contributed by atoms with van der Waals surface area (Å²) in [4.78, 5) is 38.2. The van der Waals surface area contributed by atoms with Crippen LogP contribution in [0.3, 0.4) is 0 Å². The molecule has 2 aromatic carbocycles. The van der Waals surface area contributed by atoms with Crippen LogP contribution in [0.15, 0.2) is 48.5 Å². The van der Waals surface area contributed by atoms with Crippen LogP contribution in [-0.2, 0) is 14.4 Å². The minimum absolute atomic E-state index is 0.0493. The number of benzene rings is 2. The van der Waals surface area contributed by atoms with Gasteiger partial charge in [0, 0.05) is 37.3 Å². The van der Waals surface area contributed by atoms with E-state index in [-0.39, 0.29) is 23.6 Å². The Balaban J connectivity index is 1.44. The SMILES string of the molecule is CC(=O)Nc1cc(NC(=O)C2CCN(C(=O)CCOc3ccccc3)CC2)ccc1C. The highest BCUT2D eigenvalue weighted by atomic mass is 16.5. The van der Waals surface area contributed by atoms with Gasteiger partial charge >= 0.3 is 0 Å². The van der Waals surface area contributed by atoms with Gasteiger partial charge in [-0.15, -0.1) is 0 Å². The summed E-state index contributed by atoms with van der Waals surface area (Å²) in [7, 11) is 0. The highest BCUT2D eigenvalue weighted by Crippen LogP contribution is 2.23. The monoisotopic (exact) mass is 423 g/mol. The Morgan fingerprint density at radius 1 is 1.03 bits per heavy atom. The molecule has 0 unspecified atom stereocenters. The van der Waals surface area contributed by atoms with Crippen molar-refractivity contribution in [1.82, 2.24) is 4.90 Å². The molecule has 0 aliphatic carbocycles. The molecule has 7 heteroatoms. The lowest BCUT2D eigenvalue weighted by molar-refractivity contribution is -0.135. The summed E-state index contributed by atoms with van der Waals surface area (Å²) in [6.07, 6.45) is 1.57. The molecule has 3 rings (SSSR count). The maximum atomic E-state index is 12.7. The Bertz CT molecular complexity index is 922. The predicted octanol–water partition coefficient (Wildman–Crippen LogP) is 3.60. The summed E-state index contributed by atoms with van der Waals surface area (Å²) >= 11 is 0. The van der Waals surface area contributed by atoms with E-state index in [1.807, 2.05) is 49.4 Å². The third kappa shape index (κ3) is 6.57. The molecule has 2 N–H and O–H groups in total. The van der Waals surface area contributed by atoms with Crippen molar-refractivity contribution in [3.63, 3.8) is 0 Å². The second-order valence-corrected chi connectivity index (χ2v) is 7.77. The number of nitrogens with one attached hydrogen (secondary N) is 2. The lowest BCUT2D eigenvalue weighted by Crippen LogP contribution is -2.41. The highest BCUT2D eigenvalue weighted by molar-refractivity contribution is 5.95. The molecule has 1 heterocycles. The number of ether oxygens (including phenoxy) is 1. The fourth-order valence-electron chi connectivity index (χ4n) is 3.59. The molecule has 1 aliphatic rings. The molecule has 0 aromatic heterocycles. The quantitative estimate of drug-likeness (QED) is 0.712. The molecule has 2 aromatic rings. The number of carbonyl (C=O) groups excluding carboxylic acids is 3. The van der Waals surface area contributed by atoms with Gasteiger partial charge in [0.15, 0.2) is 0 Å². The number of carbonyl (C=O) groups is 3. The van der Waals surface area contributed by atoms with Gasteiger partial charge in [-0.05, 0) is 49.6 Å². The van der Waals surface area contributed by atoms with Gasteiger partial charge in [0.25, 0.3) is 0 Å². The molecule has 7 nitrogen and oxygen atoms in total. The number of hydrogen-bond acceptors (Lipinski definition) is 4. The molecular formula is C24H29N3O4. The number of anilines is 2. The summed E-state index contributed by atoms with van der Waals surface area (Å²) in [6, 6.07) is 14.9. The molecule has 0 radical (unpaired) electrons. The van der Waals surface area contributed by atoms with Crippen LogP contribution >= 0.6 is 0 Å². The molecule has 1 fully saturated rings. The van der Waals surface area contributed by atoms with E-state index < -0.39 is 0 Å². The van der Waals surface area contributed by atoms with E-state index in [1.54, 1.807) is 11.0 Å². The van der Waals surface area contributed by atoms with E-state index in [0.717, 1.165) is 11.3 Å². The topological polar surface area (TPSA) is 87.7 Å². The van der Waals surface area contributed by atoms with E-state index in [9.17, 15) is 14.4 Å². The fourth-order valence-corrected chi connectivity index (χ4v) is 3.59. The van der Waals surface area contributed by atoms with Crippen LogP contribution in [0.25, 0.3) is 0 Å². The lowest BCUT2D eigenvalue weighted by atomic mass is 9.95. The first-order valence-electron chi connectivity index (χ1n) is 10.6. The van der Waals surface area contributed by atoms with Gasteiger partial charge in [0.2, 0.25) is 17.7 Å².